The first-order valence-corrected chi connectivity index (χ1v) is 10.5. The molecule has 0 aliphatic carbocycles. The van der Waals surface area contributed by atoms with E-state index in [9.17, 15) is 22.4 Å². The molecule has 0 unspecified atom stereocenters. The summed E-state index contributed by atoms with van der Waals surface area (Å²) in [6.07, 6.45) is 0. The fourth-order valence-corrected chi connectivity index (χ4v) is 5.06. The molecule has 0 saturated heterocycles. The number of aromatic nitrogens is 1. The van der Waals surface area contributed by atoms with Crippen LogP contribution in [0.25, 0.3) is 0 Å². The maximum absolute atomic E-state index is 13.3. The third kappa shape index (κ3) is 3.97. The molecule has 1 aromatic heterocycles. The van der Waals surface area contributed by atoms with E-state index in [2.05, 4.69) is 0 Å². The Bertz CT molecular complexity index is 1040. The van der Waals surface area contributed by atoms with Crippen LogP contribution >= 0.6 is 0 Å². The molecule has 0 bridgehead atoms. The van der Waals surface area contributed by atoms with Crippen LogP contribution in [0, 0.1) is 19.7 Å². The van der Waals surface area contributed by atoms with Crippen LogP contribution in [0.5, 0.6) is 0 Å². The molecule has 0 N–H and O–H groups in total. The average molecular weight is 424 g/mol. The molecule has 29 heavy (non-hydrogen) atoms. The Hall–Kier alpha value is -2.52. The summed E-state index contributed by atoms with van der Waals surface area (Å²) in [4.78, 5) is 25.2. The zero-order chi connectivity index (χ0) is 22.1. The number of carbonyl (C=O) groups excluding carboxylic acids is 2. The first-order valence-electron chi connectivity index (χ1n) is 9.04. The van der Waals surface area contributed by atoms with Gasteiger partial charge in [-0.15, -0.1) is 0 Å². The highest BCUT2D eigenvalue weighted by Gasteiger charge is 2.35. The van der Waals surface area contributed by atoms with Crippen LogP contribution in [0.4, 0.5) is 4.39 Å². The highest BCUT2D eigenvalue weighted by atomic mass is 32.2. The number of esters is 1. The zero-order valence-electron chi connectivity index (χ0n) is 17.3. The molecule has 0 saturated carbocycles. The van der Waals surface area contributed by atoms with Gasteiger partial charge in [0.2, 0.25) is 10.0 Å². The molecule has 9 heteroatoms. The molecule has 1 heterocycles. The number of ether oxygens (including phenoxy) is 1. The number of hydrogen-bond acceptors (Lipinski definition) is 5. The first kappa shape index (κ1) is 22.8. The van der Waals surface area contributed by atoms with Gasteiger partial charge in [0.25, 0.3) is 0 Å². The number of methoxy groups -OCH3 is 1. The maximum atomic E-state index is 13.3. The highest BCUT2D eigenvalue weighted by Crippen LogP contribution is 2.26. The molecule has 0 aliphatic heterocycles. The van der Waals surface area contributed by atoms with Crippen molar-refractivity contribution in [2.45, 2.75) is 38.6 Å². The lowest BCUT2D eigenvalue weighted by atomic mass is 10.0. The molecule has 0 fully saturated rings. The summed E-state index contributed by atoms with van der Waals surface area (Å²) in [5, 5.41) is 0. The third-order valence-electron chi connectivity index (χ3n) is 5.10. The van der Waals surface area contributed by atoms with Gasteiger partial charge in [0, 0.05) is 24.8 Å². The predicted molar refractivity (Wildman–Crippen MR) is 106 cm³/mol. The molecule has 0 radical (unpaired) electrons. The second-order valence-electron chi connectivity index (χ2n) is 6.69. The number of rotatable bonds is 7. The molecule has 1 atom stereocenters. The van der Waals surface area contributed by atoms with Gasteiger partial charge < -0.3 is 9.30 Å². The van der Waals surface area contributed by atoms with Crippen molar-refractivity contribution in [2.75, 3.05) is 13.7 Å². The molecular weight excluding hydrogens is 399 g/mol. The molecule has 0 spiro atoms. The largest absolute Gasteiger partial charge is 0.464 e. The maximum Gasteiger partial charge on any atom is 0.354 e. The Morgan fingerprint density at radius 3 is 2.24 bits per heavy atom. The summed E-state index contributed by atoms with van der Waals surface area (Å²) >= 11 is 0. The fourth-order valence-electron chi connectivity index (χ4n) is 3.46. The van der Waals surface area contributed by atoms with E-state index in [4.69, 9.17) is 4.74 Å². The van der Waals surface area contributed by atoms with Gasteiger partial charge in [-0.25, -0.2) is 17.6 Å². The Morgan fingerprint density at radius 1 is 1.21 bits per heavy atom. The zero-order valence-corrected chi connectivity index (χ0v) is 18.1. The number of hydrogen-bond donors (Lipinski definition) is 0. The van der Waals surface area contributed by atoms with Gasteiger partial charge in [0.05, 0.1) is 18.0 Å². The van der Waals surface area contributed by atoms with E-state index in [1.54, 1.807) is 32.4 Å². The van der Waals surface area contributed by atoms with Gasteiger partial charge in [-0.1, -0.05) is 6.92 Å². The lowest BCUT2D eigenvalue weighted by molar-refractivity contribution is 0.0588. The van der Waals surface area contributed by atoms with E-state index in [0.717, 1.165) is 16.4 Å². The van der Waals surface area contributed by atoms with Crippen molar-refractivity contribution < 1.29 is 27.1 Å². The number of sulfonamides is 1. The molecule has 2 aromatic rings. The van der Waals surface area contributed by atoms with E-state index in [1.807, 2.05) is 0 Å². The van der Waals surface area contributed by atoms with Gasteiger partial charge in [-0.2, -0.15) is 4.31 Å². The number of carbonyl (C=O) groups is 2. The van der Waals surface area contributed by atoms with Crippen molar-refractivity contribution in [3.8, 4) is 0 Å². The second kappa shape index (κ2) is 8.46. The van der Waals surface area contributed by atoms with Crippen LogP contribution < -0.4 is 0 Å². The van der Waals surface area contributed by atoms with E-state index < -0.39 is 33.6 Å². The molecule has 7 nitrogen and oxygen atoms in total. The van der Waals surface area contributed by atoms with Crippen molar-refractivity contribution in [2.24, 2.45) is 7.05 Å². The van der Waals surface area contributed by atoms with Crippen molar-refractivity contribution in [1.29, 1.82) is 0 Å². The van der Waals surface area contributed by atoms with Gasteiger partial charge in [-0.05, 0) is 50.6 Å². The molecule has 0 amide bonds. The number of halogens is 1. The van der Waals surface area contributed by atoms with Crippen LogP contribution in [0.1, 0.15) is 46.0 Å². The van der Waals surface area contributed by atoms with Gasteiger partial charge in [0.15, 0.2) is 5.78 Å². The average Bonchev–Trinajstić information content (AvgIpc) is 2.90. The number of Topliss-reactive ketones (excluding diaryl/α,β-unsaturated/α-hetero) is 1. The van der Waals surface area contributed by atoms with Crippen LogP contribution in [0.2, 0.25) is 0 Å². The highest BCUT2D eigenvalue weighted by molar-refractivity contribution is 7.89. The molecule has 2 rings (SSSR count). The van der Waals surface area contributed by atoms with Crippen LogP contribution in [-0.4, -0.2) is 48.7 Å². The summed E-state index contributed by atoms with van der Waals surface area (Å²) < 4.78 is 46.6. The summed E-state index contributed by atoms with van der Waals surface area (Å²) in [5.41, 5.74) is 1.50. The minimum atomic E-state index is -4.02. The predicted octanol–water partition coefficient (Wildman–Crippen LogP) is 2.85. The number of benzene rings is 1. The Kier molecular flexibility index (Phi) is 6.64. The Balaban J connectivity index is 2.50. The number of ketones is 1. The standard InChI is InChI=1S/C20H25FN2O5S/c1-7-23(29(26,27)16-10-8-15(21)9-11-16)14(4)19(24)17-12(2)18(20(25)28-6)22(5)13(17)3/h8-11,14H,7H2,1-6H3/t14-/m1/s1. The topological polar surface area (TPSA) is 85.7 Å². The van der Waals surface area contributed by atoms with Gasteiger partial charge in [0.1, 0.15) is 11.5 Å². The van der Waals surface area contributed by atoms with Crippen molar-refractivity contribution in [3.63, 3.8) is 0 Å². The van der Waals surface area contributed by atoms with Crippen LogP contribution in [-0.2, 0) is 21.8 Å². The lowest BCUT2D eigenvalue weighted by Gasteiger charge is -2.26. The molecule has 158 valence electrons. The quantitative estimate of drug-likeness (QED) is 0.504. The SMILES string of the molecule is CCN([C@H](C)C(=O)c1c(C)c(C(=O)OC)n(C)c1C)S(=O)(=O)c1ccc(F)cc1. The normalized spacial score (nSPS) is 12.8. The van der Waals surface area contributed by atoms with Crippen molar-refractivity contribution in [1.82, 2.24) is 8.87 Å². The Labute approximate surface area is 170 Å². The smallest absolute Gasteiger partial charge is 0.354 e. The summed E-state index contributed by atoms with van der Waals surface area (Å²) in [7, 11) is -1.13. The second-order valence-corrected chi connectivity index (χ2v) is 8.58. The van der Waals surface area contributed by atoms with Gasteiger partial charge in [-0.3, -0.25) is 4.79 Å². The van der Waals surface area contributed by atoms with E-state index in [1.165, 1.54) is 26.2 Å². The minimum Gasteiger partial charge on any atom is -0.464 e. The van der Waals surface area contributed by atoms with Crippen LogP contribution in [0.3, 0.4) is 0 Å². The summed E-state index contributed by atoms with van der Waals surface area (Å²) in [6, 6.07) is 3.42. The minimum absolute atomic E-state index is 0.0431. The molecular formula is C20H25FN2O5S. The Morgan fingerprint density at radius 2 is 1.76 bits per heavy atom. The van der Waals surface area contributed by atoms with Crippen molar-refractivity contribution >= 4 is 21.8 Å². The monoisotopic (exact) mass is 424 g/mol. The van der Waals surface area contributed by atoms with E-state index in [0.29, 0.717) is 11.3 Å². The molecule has 1 aromatic carbocycles. The number of nitrogens with zero attached hydrogens (tertiary/aromatic N) is 2. The first-order chi connectivity index (χ1) is 13.5. The van der Waals surface area contributed by atoms with E-state index >= 15 is 0 Å². The number of likely N-dealkylation sites (N-methyl/N-ethyl adjacent to an activating group) is 1. The summed E-state index contributed by atoms with van der Waals surface area (Å²) in [5.74, 6) is -1.56. The van der Waals surface area contributed by atoms with Gasteiger partial charge >= 0.3 is 5.97 Å². The molecule has 0 aliphatic rings. The lowest BCUT2D eigenvalue weighted by Crippen LogP contribution is -2.43. The van der Waals surface area contributed by atoms with Crippen molar-refractivity contribution in [3.05, 3.63) is 52.6 Å². The third-order valence-corrected chi connectivity index (χ3v) is 7.16. The van der Waals surface area contributed by atoms with Crippen LogP contribution in [0.15, 0.2) is 29.2 Å². The van der Waals surface area contributed by atoms with E-state index in [-0.39, 0.29) is 22.7 Å². The fraction of sp³-hybridized carbons (Fsp3) is 0.400. The summed E-state index contributed by atoms with van der Waals surface area (Å²) in [6.45, 7) is 6.47.